The Bertz CT molecular complexity index is 1300. The zero-order valence-corrected chi connectivity index (χ0v) is 22.1. The number of phenols is 1. The van der Waals surface area contributed by atoms with Crippen molar-refractivity contribution in [2.45, 2.75) is 6.92 Å². The van der Waals surface area contributed by atoms with Gasteiger partial charge in [-0.2, -0.15) is 5.10 Å². The van der Waals surface area contributed by atoms with Crippen LogP contribution in [0.5, 0.6) is 34.5 Å². The molecule has 3 aromatic rings. The van der Waals surface area contributed by atoms with Crippen LogP contribution in [0.25, 0.3) is 0 Å². The smallest absolute Gasteiger partial charge is 0.343 e. The van der Waals surface area contributed by atoms with Crippen molar-refractivity contribution < 1.29 is 38.4 Å². The predicted octanol–water partition coefficient (Wildman–Crippen LogP) is 4.56. The predicted molar refractivity (Wildman–Crippen MR) is 140 cm³/mol. The fraction of sp³-hybridized carbons (Fsp3) is 0.192. The maximum Gasteiger partial charge on any atom is 0.343 e. The van der Waals surface area contributed by atoms with Crippen LogP contribution in [-0.4, -0.2) is 51.1 Å². The summed E-state index contributed by atoms with van der Waals surface area (Å²) in [6.07, 6.45) is 1.39. The Kier molecular flexibility index (Phi) is 9.33. The zero-order valence-electron chi connectivity index (χ0n) is 20.5. The van der Waals surface area contributed by atoms with E-state index in [-0.39, 0.29) is 22.6 Å². The Morgan fingerprint density at radius 3 is 2.27 bits per heavy atom. The summed E-state index contributed by atoms with van der Waals surface area (Å²) in [7, 11) is 4.36. The third-order valence-corrected chi connectivity index (χ3v) is 5.45. The fourth-order valence-electron chi connectivity index (χ4n) is 3.23. The first-order valence-corrected chi connectivity index (χ1v) is 11.7. The molecular weight excluding hydrogens is 548 g/mol. The molecule has 0 saturated carbocycles. The number of nitrogens with one attached hydrogen (secondary N) is 1. The molecule has 0 aliphatic carbocycles. The second-order valence-electron chi connectivity index (χ2n) is 7.30. The molecule has 0 aliphatic rings. The van der Waals surface area contributed by atoms with Gasteiger partial charge in [0.2, 0.25) is 5.75 Å². The molecule has 0 heterocycles. The number of nitrogens with zero attached hydrogens (tertiary/aromatic N) is 1. The average molecular weight is 573 g/mol. The van der Waals surface area contributed by atoms with Crippen molar-refractivity contribution in [2.24, 2.45) is 5.10 Å². The van der Waals surface area contributed by atoms with Gasteiger partial charge in [0.1, 0.15) is 5.75 Å². The fourth-order valence-corrected chi connectivity index (χ4v) is 3.59. The molecule has 1 amide bonds. The quantitative estimate of drug-likeness (QED) is 0.157. The Balaban J connectivity index is 1.78. The van der Waals surface area contributed by atoms with Gasteiger partial charge in [0, 0.05) is 4.47 Å². The molecule has 37 heavy (non-hydrogen) atoms. The summed E-state index contributed by atoms with van der Waals surface area (Å²) >= 11 is 3.25. The van der Waals surface area contributed by atoms with Crippen LogP contribution in [0.3, 0.4) is 0 Å². The summed E-state index contributed by atoms with van der Waals surface area (Å²) < 4.78 is 27.7. The van der Waals surface area contributed by atoms with Crippen molar-refractivity contribution in [3.63, 3.8) is 0 Å². The Labute approximate surface area is 221 Å². The van der Waals surface area contributed by atoms with Gasteiger partial charge in [0.25, 0.3) is 5.91 Å². The second-order valence-corrected chi connectivity index (χ2v) is 8.22. The minimum Gasteiger partial charge on any atom is -0.507 e. The highest BCUT2D eigenvalue weighted by molar-refractivity contribution is 9.10. The Hall–Kier alpha value is -4.25. The van der Waals surface area contributed by atoms with Gasteiger partial charge < -0.3 is 28.8 Å². The molecular formula is C26H25BrN2O8. The first-order valence-electron chi connectivity index (χ1n) is 10.9. The number of aromatic hydroxyl groups is 1. The minimum atomic E-state index is -0.664. The van der Waals surface area contributed by atoms with E-state index in [1.807, 2.05) is 0 Å². The molecule has 10 nitrogen and oxygen atoms in total. The largest absolute Gasteiger partial charge is 0.507 e. The number of hydrazone groups is 1. The highest BCUT2D eigenvalue weighted by atomic mass is 79.9. The zero-order chi connectivity index (χ0) is 26.9. The van der Waals surface area contributed by atoms with Crippen LogP contribution in [0.15, 0.2) is 58.1 Å². The van der Waals surface area contributed by atoms with Crippen molar-refractivity contribution in [2.75, 3.05) is 27.9 Å². The standard InChI is InChI=1S/C26H25BrN2O8/c1-5-36-21-10-15(14-28-29-25(31)18-13-17(27)7-8-19(18)30)6-9-20(21)37-26(32)16-11-22(33-2)24(35-4)23(12-16)34-3/h6-14,30H,5H2,1-4H3,(H,29,31). The van der Waals surface area contributed by atoms with Crippen molar-refractivity contribution in [1.29, 1.82) is 0 Å². The normalized spacial score (nSPS) is 10.6. The minimum absolute atomic E-state index is 0.0654. The molecule has 0 spiro atoms. The van der Waals surface area contributed by atoms with E-state index in [4.69, 9.17) is 23.7 Å². The van der Waals surface area contributed by atoms with Gasteiger partial charge in [-0.3, -0.25) is 4.79 Å². The number of methoxy groups -OCH3 is 3. The lowest BCUT2D eigenvalue weighted by molar-refractivity contribution is 0.0727. The highest BCUT2D eigenvalue weighted by Crippen LogP contribution is 2.39. The topological polar surface area (TPSA) is 125 Å². The van der Waals surface area contributed by atoms with Crippen LogP contribution in [0.4, 0.5) is 0 Å². The van der Waals surface area contributed by atoms with E-state index in [1.165, 1.54) is 51.8 Å². The Morgan fingerprint density at radius 2 is 1.65 bits per heavy atom. The summed E-state index contributed by atoms with van der Waals surface area (Å²) in [6, 6.07) is 12.2. The molecule has 0 fully saturated rings. The average Bonchev–Trinajstić information content (AvgIpc) is 2.90. The van der Waals surface area contributed by atoms with E-state index >= 15 is 0 Å². The van der Waals surface area contributed by atoms with Gasteiger partial charge in [0.05, 0.1) is 45.3 Å². The summed E-state index contributed by atoms with van der Waals surface area (Å²) in [5.41, 5.74) is 3.17. The number of carbonyl (C=O) groups excluding carboxylic acids is 2. The van der Waals surface area contributed by atoms with Crippen LogP contribution in [0, 0.1) is 0 Å². The van der Waals surface area contributed by atoms with Crippen LogP contribution in [-0.2, 0) is 0 Å². The van der Waals surface area contributed by atoms with Crippen LogP contribution >= 0.6 is 15.9 Å². The molecule has 0 saturated heterocycles. The molecule has 0 radical (unpaired) electrons. The lowest BCUT2D eigenvalue weighted by Gasteiger charge is -2.15. The maximum atomic E-state index is 12.9. The summed E-state index contributed by atoms with van der Waals surface area (Å²) in [6.45, 7) is 2.10. The Morgan fingerprint density at radius 1 is 0.946 bits per heavy atom. The molecule has 2 N–H and O–H groups in total. The van der Waals surface area contributed by atoms with Crippen molar-refractivity contribution in [3.8, 4) is 34.5 Å². The second kappa shape index (κ2) is 12.6. The van der Waals surface area contributed by atoms with Crippen molar-refractivity contribution in [3.05, 3.63) is 69.7 Å². The number of benzene rings is 3. The van der Waals surface area contributed by atoms with Gasteiger partial charge in [-0.05, 0) is 61.0 Å². The third-order valence-electron chi connectivity index (χ3n) is 4.95. The van der Waals surface area contributed by atoms with Gasteiger partial charge in [0.15, 0.2) is 23.0 Å². The molecule has 3 rings (SSSR count). The van der Waals surface area contributed by atoms with Crippen molar-refractivity contribution >= 4 is 34.0 Å². The number of halogens is 1. The van der Waals surface area contributed by atoms with E-state index in [2.05, 4.69) is 26.5 Å². The molecule has 0 aromatic heterocycles. The number of rotatable bonds is 10. The number of phenolic OH excluding ortho intramolecular Hbond substituents is 1. The number of esters is 1. The van der Waals surface area contributed by atoms with E-state index in [0.717, 1.165) is 0 Å². The number of amides is 1. The lowest BCUT2D eigenvalue weighted by atomic mass is 10.1. The highest BCUT2D eigenvalue weighted by Gasteiger charge is 2.20. The molecule has 0 aliphatic heterocycles. The first kappa shape index (κ1) is 27.3. The summed E-state index contributed by atoms with van der Waals surface area (Å²) in [5.74, 6) is 0.0187. The van der Waals surface area contributed by atoms with Crippen LogP contribution in [0.2, 0.25) is 0 Å². The maximum absolute atomic E-state index is 12.9. The summed E-state index contributed by atoms with van der Waals surface area (Å²) in [4.78, 5) is 25.2. The molecule has 194 valence electrons. The summed E-state index contributed by atoms with van der Waals surface area (Å²) in [5, 5.41) is 13.8. The molecule has 3 aromatic carbocycles. The first-order chi connectivity index (χ1) is 17.8. The van der Waals surface area contributed by atoms with Crippen LogP contribution < -0.4 is 29.1 Å². The monoisotopic (exact) mass is 572 g/mol. The van der Waals surface area contributed by atoms with E-state index < -0.39 is 11.9 Å². The van der Waals surface area contributed by atoms with Gasteiger partial charge in [-0.1, -0.05) is 15.9 Å². The van der Waals surface area contributed by atoms with E-state index in [1.54, 1.807) is 31.2 Å². The number of carbonyl (C=O) groups is 2. The van der Waals surface area contributed by atoms with Gasteiger partial charge >= 0.3 is 5.97 Å². The van der Waals surface area contributed by atoms with E-state index in [0.29, 0.717) is 39.6 Å². The lowest BCUT2D eigenvalue weighted by Crippen LogP contribution is -2.17. The molecule has 0 atom stereocenters. The number of hydrogen-bond acceptors (Lipinski definition) is 9. The SMILES string of the molecule is CCOc1cc(C=NNC(=O)c2cc(Br)ccc2O)ccc1OC(=O)c1cc(OC)c(OC)c(OC)c1. The third kappa shape index (κ3) is 6.70. The van der Waals surface area contributed by atoms with E-state index in [9.17, 15) is 14.7 Å². The van der Waals surface area contributed by atoms with Crippen molar-refractivity contribution in [1.82, 2.24) is 5.43 Å². The molecule has 11 heteroatoms. The van der Waals surface area contributed by atoms with Gasteiger partial charge in [-0.15, -0.1) is 0 Å². The molecule has 0 unspecified atom stereocenters. The molecule has 0 bridgehead atoms. The van der Waals surface area contributed by atoms with Gasteiger partial charge in [-0.25, -0.2) is 10.2 Å². The number of ether oxygens (including phenoxy) is 5. The van der Waals surface area contributed by atoms with Crippen LogP contribution in [0.1, 0.15) is 33.2 Å². The number of hydrogen-bond donors (Lipinski definition) is 2.